The van der Waals surface area contributed by atoms with E-state index in [1.807, 2.05) is 39.3 Å². The van der Waals surface area contributed by atoms with E-state index in [4.69, 9.17) is 0 Å². The van der Waals surface area contributed by atoms with Gasteiger partial charge in [0.25, 0.3) is 0 Å². The smallest absolute Gasteiger partial charge is 0.112 e. The normalized spacial score (nSPS) is 13.4. The SMILES string of the molecule is CN(C)CCC(O)Cc1nc2ccccc2n1C. The van der Waals surface area contributed by atoms with Crippen molar-refractivity contribution in [2.24, 2.45) is 7.05 Å². The largest absolute Gasteiger partial charge is 0.393 e. The fourth-order valence-electron chi connectivity index (χ4n) is 2.10. The first-order chi connectivity index (χ1) is 8.58. The molecule has 0 spiro atoms. The molecule has 1 unspecified atom stereocenters. The quantitative estimate of drug-likeness (QED) is 0.869. The Morgan fingerprint density at radius 3 is 2.72 bits per heavy atom. The van der Waals surface area contributed by atoms with Gasteiger partial charge in [-0.05, 0) is 39.2 Å². The van der Waals surface area contributed by atoms with Crippen LogP contribution in [0.4, 0.5) is 0 Å². The van der Waals surface area contributed by atoms with E-state index in [2.05, 4.69) is 20.5 Å². The molecule has 1 aromatic carbocycles. The van der Waals surface area contributed by atoms with Gasteiger partial charge in [0.2, 0.25) is 0 Å². The number of benzene rings is 1. The number of imidazole rings is 1. The number of rotatable bonds is 5. The van der Waals surface area contributed by atoms with Crippen molar-refractivity contribution in [3.8, 4) is 0 Å². The summed E-state index contributed by atoms with van der Waals surface area (Å²) in [5.41, 5.74) is 2.11. The van der Waals surface area contributed by atoms with Crippen LogP contribution in [-0.4, -0.2) is 46.3 Å². The Bertz CT molecular complexity index is 519. The molecule has 0 bridgehead atoms. The van der Waals surface area contributed by atoms with E-state index in [0.29, 0.717) is 6.42 Å². The molecule has 1 aromatic heterocycles. The third-order valence-corrected chi connectivity index (χ3v) is 3.21. The molecule has 0 saturated carbocycles. The summed E-state index contributed by atoms with van der Waals surface area (Å²) >= 11 is 0. The summed E-state index contributed by atoms with van der Waals surface area (Å²) in [5.74, 6) is 0.947. The van der Waals surface area contributed by atoms with Crippen molar-refractivity contribution in [3.05, 3.63) is 30.1 Å². The topological polar surface area (TPSA) is 41.3 Å². The molecule has 0 radical (unpaired) electrons. The highest BCUT2D eigenvalue weighted by Gasteiger charge is 2.12. The Morgan fingerprint density at radius 2 is 2.06 bits per heavy atom. The van der Waals surface area contributed by atoms with Crippen LogP contribution < -0.4 is 0 Å². The lowest BCUT2D eigenvalue weighted by molar-refractivity contribution is 0.149. The van der Waals surface area contributed by atoms with Crippen molar-refractivity contribution in [2.75, 3.05) is 20.6 Å². The average Bonchev–Trinajstić information content (AvgIpc) is 2.65. The number of hydrogen-bond donors (Lipinski definition) is 1. The van der Waals surface area contributed by atoms with Crippen molar-refractivity contribution in [1.82, 2.24) is 14.5 Å². The Balaban J connectivity index is 2.09. The molecule has 0 aliphatic rings. The summed E-state index contributed by atoms with van der Waals surface area (Å²) in [6, 6.07) is 8.06. The second-order valence-electron chi connectivity index (χ2n) is 5.03. The molecule has 4 nitrogen and oxygen atoms in total. The van der Waals surface area contributed by atoms with Crippen LogP contribution in [0.25, 0.3) is 11.0 Å². The zero-order valence-electron chi connectivity index (χ0n) is 11.3. The van der Waals surface area contributed by atoms with Gasteiger partial charge in [0.15, 0.2) is 0 Å². The minimum atomic E-state index is -0.331. The van der Waals surface area contributed by atoms with Gasteiger partial charge in [-0.15, -0.1) is 0 Å². The predicted molar refractivity (Wildman–Crippen MR) is 73.6 cm³/mol. The molecule has 98 valence electrons. The highest BCUT2D eigenvalue weighted by molar-refractivity contribution is 5.75. The molecule has 18 heavy (non-hydrogen) atoms. The minimum absolute atomic E-state index is 0.331. The Labute approximate surface area is 108 Å². The lowest BCUT2D eigenvalue weighted by Crippen LogP contribution is -2.21. The van der Waals surface area contributed by atoms with Crippen molar-refractivity contribution in [2.45, 2.75) is 18.9 Å². The van der Waals surface area contributed by atoms with Crippen molar-refractivity contribution in [1.29, 1.82) is 0 Å². The number of hydrogen-bond acceptors (Lipinski definition) is 3. The van der Waals surface area contributed by atoms with E-state index in [1.54, 1.807) is 0 Å². The Hall–Kier alpha value is -1.39. The van der Waals surface area contributed by atoms with Gasteiger partial charge in [-0.1, -0.05) is 12.1 Å². The molecule has 2 aromatic rings. The number of aromatic nitrogens is 2. The lowest BCUT2D eigenvalue weighted by atomic mass is 10.2. The van der Waals surface area contributed by atoms with Gasteiger partial charge < -0.3 is 14.6 Å². The van der Waals surface area contributed by atoms with Gasteiger partial charge in [-0.3, -0.25) is 0 Å². The molecule has 1 heterocycles. The van der Waals surface area contributed by atoms with Crippen LogP contribution in [0.15, 0.2) is 24.3 Å². The van der Waals surface area contributed by atoms with E-state index < -0.39 is 0 Å². The van der Waals surface area contributed by atoms with E-state index in [-0.39, 0.29) is 6.10 Å². The van der Waals surface area contributed by atoms with Crippen molar-refractivity contribution >= 4 is 11.0 Å². The molecule has 2 rings (SSSR count). The van der Waals surface area contributed by atoms with Crippen LogP contribution >= 0.6 is 0 Å². The summed E-state index contributed by atoms with van der Waals surface area (Å²) in [7, 11) is 6.03. The number of aliphatic hydroxyl groups excluding tert-OH is 1. The van der Waals surface area contributed by atoms with E-state index in [9.17, 15) is 5.11 Å². The zero-order chi connectivity index (χ0) is 13.1. The molecular weight excluding hydrogens is 226 g/mol. The first-order valence-electron chi connectivity index (χ1n) is 6.31. The van der Waals surface area contributed by atoms with Gasteiger partial charge in [0.05, 0.1) is 17.1 Å². The molecule has 4 heteroatoms. The van der Waals surface area contributed by atoms with Gasteiger partial charge >= 0.3 is 0 Å². The van der Waals surface area contributed by atoms with Gasteiger partial charge in [0, 0.05) is 13.5 Å². The van der Waals surface area contributed by atoms with Gasteiger partial charge in [-0.2, -0.15) is 0 Å². The van der Waals surface area contributed by atoms with Crippen LogP contribution in [-0.2, 0) is 13.5 Å². The van der Waals surface area contributed by atoms with Crippen LogP contribution in [0.2, 0.25) is 0 Å². The number of fused-ring (bicyclic) bond motifs is 1. The highest BCUT2D eigenvalue weighted by atomic mass is 16.3. The van der Waals surface area contributed by atoms with E-state index in [1.165, 1.54) is 0 Å². The summed E-state index contributed by atoms with van der Waals surface area (Å²) < 4.78 is 2.06. The second-order valence-corrected chi connectivity index (χ2v) is 5.03. The molecule has 0 aliphatic heterocycles. The van der Waals surface area contributed by atoms with Crippen molar-refractivity contribution < 1.29 is 5.11 Å². The standard InChI is InChI=1S/C14H21N3O/c1-16(2)9-8-11(18)10-14-15-12-6-4-5-7-13(12)17(14)3/h4-7,11,18H,8-10H2,1-3H3. The molecule has 0 amide bonds. The number of nitrogens with zero attached hydrogens (tertiary/aromatic N) is 3. The molecular formula is C14H21N3O. The predicted octanol–water partition coefficient (Wildman–Crippen LogP) is 1.43. The first-order valence-corrected chi connectivity index (χ1v) is 6.31. The van der Waals surface area contributed by atoms with Crippen LogP contribution in [0, 0.1) is 0 Å². The Kier molecular flexibility index (Phi) is 3.99. The molecule has 0 fully saturated rings. The molecule has 0 aliphatic carbocycles. The number of aryl methyl sites for hydroxylation is 1. The third kappa shape index (κ3) is 2.89. The van der Waals surface area contributed by atoms with Crippen LogP contribution in [0.3, 0.4) is 0 Å². The molecule has 1 atom stereocenters. The first kappa shape index (κ1) is 13.1. The van der Waals surface area contributed by atoms with Crippen LogP contribution in [0.1, 0.15) is 12.2 Å². The summed E-state index contributed by atoms with van der Waals surface area (Å²) in [6.45, 7) is 0.894. The van der Waals surface area contributed by atoms with E-state index >= 15 is 0 Å². The van der Waals surface area contributed by atoms with Crippen molar-refractivity contribution in [3.63, 3.8) is 0 Å². The lowest BCUT2D eigenvalue weighted by Gasteiger charge is -2.14. The monoisotopic (exact) mass is 247 g/mol. The molecule has 1 N–H and O–H groups in total. The summed E-state index contributed by atoms with van der Waals surface area (Å²) in [6.07, 6.45) is 1.05. The maximum Gasteiger partial charge on any atom is 0.112 e. The maximum absolute atomic E-state index is 10.0. The summed E-state index contributed by atoms with van der Waals surface area (Å²) in [4.78, 5) is 6.65. The highest BCUT2D eigenvalue weighted by Crippen LogP contribution is 2.15. The third-order valence-electron chi connectivity index (χ3n) is 3.21. The Morgan fingerprint density at radius 1 is 1.33 bits per heavy atom. The fraction of sp³-hybridized carbons (Fsp3) is 0.500. The molecule has 0 saturated heterocycles. The number of para-hydroxylation sites is 2. The zero-order valence-corrected chi connectivity index (χ0v) is 11.3. The van der Waals surface area contributed by atoms with Gasteiger partial charge in [0.1, 0.15) is 5.82 Å². The summed E-state index contributed by atoms with van der Waals surface area (Å²) in [5, 5.41) is 10.0. The van der Waals surface area contributed by atoms with Crippen LogP contribution in [0.5, 0.6) is 0 Å². The second kappa shape index (κ2) is 5.50. The number of aliphatic hydroxyl groups is 1. The van der Waals surface area contributed by atoms with Gasteiger partial charge in [-0.25, -0.2) is 4.98 Å². The average molecular weight is 247 g/mol. The fourth-order valence-corrected chi connectivity index (χ4v) is 2.10. The maximum atomic E-state index is 10.0. The van der Waals surface area contributed by atoms with E-state index in [0.717, 1.165) is 29.8 Å². The minimum Gasteiger partial charge on any atom is -0.393 e.